The van der Waals surface area contributed by atoms with Gasteiger partial charge < -0.3 is 9.67 Å². The molecule has 0 saturated carbocycles. The fraction of sp³-hybridized carbons (Fsp3) is 0.500. The number of rotatable bonds is 6. The number of aliphatic carboxylic acids is 1. The number of benzene rings is 1. The van der Waals surface area contributed by atoms with E-state index in [9.17, 15) is 4.79 Å². The van der Waals surface area contributed by atoms with Crippen molar-refractivity contribution >= 4 is 17.0 Å². The highest BCUT2D eigenvalue weighted by molar-refractivity contribution is 5.79. The van der Waals surface area contributed by atoms with Crippen molar-refractivity contribution in [1.82, 2.24) is 9.55 Å². The van der Waals surface area contributed by atoms with Gasteiger partial charge in [0.2, 0.25) is 0 Å². The molecule has 108 valence electrons. The molecular weight excluding hydrogens is 252 g/mol. The van der Waals surface area contributed by atoms with Crippen molar-refractivity contribution in [2.75, 3.05) is 0 Å². The van der Waals surface area contributed by atoms with Crippen molar-refractivity contribution in [3.63, 3.8) is 0 Å². The molecule has 0 aliphatic rings. The van der Waals surface area contributed by atoms with E-state index in [4.69, 9.17) is 10.1 Å². The molecule has 0 aliphatic heterocycles. The Hall–Kier alpha value is -1.84. The van der Waals surface area contributed by atoms with Crippen LogP contribution in [0.3, 0.4) is 0 Å². The van der Waals surface area contributed by atoms with Crippen LogP contribution in [0.1, 0.15) is 50.9 Å². The lowest BCUT2D eigenvalue weighted by Crippen LogP contribution is -2.05. The Morgan fingerprint density at radius 2 is 2.15 bits per heavy atom. The summed E-state index contributed by atoms with van der Waals surface area (Å²) < 4.78 is 2.27. The molecule has 0 spiro atoms. The minimum Gasteiger partial charge on any atom is -0.481 e. The highest BCUT2D eigenvalue weighted by Gasteiger charge is 2.14. The number of fused-ring (bicyclic) bond motifs is 1. The van der Waals surface area contributed by atoms with E-state index in [1.54, 1.807) is 0 Å². The zero-order valence-electron chi connectivity index (χ0n) is 12.4. The number of hydrogen-bond donors (Lipinski definition) is 1. The van der Waals surface area contributed by atoms with E-state index < -0.39 is 5.97 Å². The molecule has 20 heavy (non-hydrogen) atoms. The van der Waals surface area contributed by atoms with Crippen LogP contribution in [0.25, 0.3) is 11.0 Å². The predicted molar refractivity (Wildman–Crippen MR) is 80.1 cm³/mol. The molecule has 2 rings (SSSR count). The summed E-state index contributed by atoms with van der Waals surface area (Å²) in [4.78, 5) is 15.5. The van der Waals surface area contributed by atoms with Gasteiger partial charge in [-0.1, -0.05) is 33.3 Å². The number of aryl methyl sites for hydroxylation is 1. The molecule has 0 aliphatic carbocycles. The first kappa shape index (κ1) is 14.6. The summed E-state index contributed by atoms with van der Waals surface area (Å²) in [6, 6.07) is 5.80. The van der Waals surface area contributed by atoms with Gasteiger partial charge in [0.25, 0.3) is 0 Å². The lowest BCUT2D eigenvalue weighted by Gasteiger charge is -2.10. The average Bonchev–Trinajstić information content (AvgIpc) is 2.73. The second-order valence-corrected chi connectivity index (χ2v) is 5.52. The largest absolute Gasteiger partial charge is 0.481 e. The summed E-state index contributed by atoms with van der Waals surface area (Å²) in [5.74, 6) is 0.641. The van der Waals surface area contributed by atoms with E-state index >= 15 is 0 Å². The van der Waals surface area contributed by atoms with Crippen molar-refractivity contribution in [3.8, 4) is 0 Å². The molecule has 0 radical (unpaired) electrons. The fourth-order valence-electron chi connectivity index (χ4n) is 2.47. The fourth-order valence-corrected chi connectivity index (χ4v) is 2.47. The van der Waals surface area contributed by atoms with Crippen molar-refractivity contribution in [3.05, 3.63) is 29.6 Å². The number of nitrogens with zero attached hydrogens (tertiary/aromatic N) is 2. The highest BCUT2D eigenvalue weighted by Crippen LogP contribution is 2.23. The predicted octanol–water partition coefficient (Wildman–Crippen LogP) is 3.59. The highest BCUT2D eigenvalue weighted by atomic mass is 16.4. The van der Waals surface area contributed by atoms with Crippen LogP contribution < -0.4 is 0 Å². The maximum absolute atomic E-state index is 10.8. The van der Waals surface area contributed by atoms with Gasteiger partial charge in [0.05, 0.1) is 17.5 Å². The summed E-state index contributed by atoms with van der Waals surface area (Å²) in [5, 5.41) is 8.88. The maximum atomic E-state index is 10.8. The normalized spacial score (nSPS) is 11.4. The Labute approximate surface area is 119 Å². The second-order valence-electron chi connectivity index (χ2n) is 5.52. The van der Waals surface area contributed by atoms with E-state index in [-0.39, 0.29) is 6.42 Å². The third kappa shape index (κ3) is 3.00. The first-order chi connectivity index (χ1) is 9.52. The number of carboxylic acid groups (broad SMARTS) is 1. The molecule has 0 atom stereocenters. The number of hydrogen-bond acceptors (Lipinski definition) is 2. The molecule has 0 bridgehead atoms. The van der Waals surface area contributed by atoms with Crippen LogP contribution >= 0.6 is 0 Å². The lowest BCUT2D eigenvalue weighted by atomic mass is 10.1. The van der Waals surface area contributed by atoms with Gasteiger partial charge in [-0.2, -0.15) is 0 Å². The molecule has 1 N–H and O–H groups in total. The molecule has 0 unspecified atom stereocenters. The van der Waals surface area contributed by atoms with E-state index in [2.05, 4.69) is 25.3 Å². The summed E-state index contributed by atoms with van der Waals surface area (Å²) in [6.07, 6.45) is 2.32. The smallest absolute Gasteiger partial charge is 0.307 e. The van der Waals surface area contributed by atoms with E-state index in [0.717, 1.165) is 41.8 Å². The third-order valence-corrected chi connectivity index (χ3v) is 3.45. The Kier molecular flexibility index (Phi) is 4.42. The van der Waals surface area contributed by atoms with E-state index in [1.165, 1.54) is 0 Å². The first-order valence-electron chi connectivity index (χ1n) is 7.23. The zero-order chi connectivity index (χ0) is 14.7. The van der Waals surface area contributed by atoms with E-state index in [0.29, 0.717) is 5.92 Å². The van der Waals surface area contributed by atoms with Gasteiger partial charge in [0.1, 0.15) is 5.82 Å². The van der Waals surface area contributed by atoms with Gasteiger partial charge in [-0.3, -0.25) is 4.79 Å². The molecule has 2 aromatic rings. The molecule has 0 fully saturated rings. The monoisotopic (exact) mass is 274 g/mol. The Bertz CT molecular complexity index is 614. The zero-order valence-corrected chi connectivity index (χ0v) is 12.4. The number of aromatic nitrogens is 2. The first-order valence-corrected chi connectivity index (χ1v) is 7.23. The molecule has 1 aromatic heterocycles. The molecule has 4 nitrogen and oxygen atoms in total. The van der Waals surface area contributed by atoms with Crippen molar-refractivity contribution in [2.45, 2.75) is 52.5 Å². The minimum atomic E-state index is -0.807. The van der Waals surface area contributed by atoms with Crippen LogP contribution in [0.4, 0.5) is 0 Å². The number of carboxylic acids is 1. The minimum absolute atomic E-state index is 0.0504. The summed E-state index contributed by atoms with van der Waals surface area (Å²) in [7, 11) is 0. The molecule has 4 heteroatoms. The maximum Gasteiger partial charge on any atom is 0.307 e. The number of imidazole rings is 1. The van der Waals surface area contributed by atoms with Crippen LogP contribution in [0.5, 0.6) is 0 Å². The van der Waals surface area contributed by atoms with Crippen LogP contribution in [0.15, 0.2) is 18.2 Å². The Morgan fingerprint density at radius 3 is 2.75 bits per heavy atom. The second kappa shape index (κ2) is 6.07. The topological polar surface area (TPSA) is 55.1 Å². The van der Waals surface area contributed by atoms with Crippen molar-refractivity contribution in [1.29, 1.82) is 0 Å². The SMILES string of the molecule is CCCCn1c(C(C)C)nc2cc(CC(=O)O)ccc21. The van der Waals surface area contributed by atoms with Crippen LogP contribution in [-0.2, 0) is 17.8 Å². The Balaban J connectivity index is 2.46. The van der Waals surface area contributed by atoms with Gasteiger partial charge in [-0.25, -0.2) is 4.98 Å². The van der Waals surface area contributed by atoms with Gasteiger partial charge >= 0.3 is 5.97 Å². The quantitative estimate of drug-likeness (QED) is 0.875. The Morgan fingerprint density at radius 1 is 1.40 bits per heavy atom. The van der Waals surface area contributed by atoms with Crippen molar-refractivity contribution in [2.24, 2.45) is 0 Å². The summed E-state index contributed by atoms with van der Waals surface area (Å²) in [6.45, 7) is 7.43. The molecule has 0 amide bonds. The van der Waals surface area contributed by atoms with E-state index in [1.807, 2.05) is 18.2 Å². The van der Waals surface area contributed by atoms with Gasteiger partial charge in [-0.05, 0) is 24.1 Å². The molecule has 0 saturated heterocycles. The summed E-state index contributed by atoms with van der Waals surface area (Å²) >= 11 is 0. The van der Waals surface area contributed by atoms with Crippen LogP contribution in [0.2, 0.25) is 0 Å². The van der Waals surface area contributed by atoms with Crippen LogP contribution in [-0.4, -0.2) is 20.6 Å². The standard InChI is InChI=1S/C16H22N2O2/c1-4-5-8-18-14-7-6-12(10-15(19)20)9-13(14)17-16(18)11(2)3/h6-7,9,11H,4-5,8,10H2,1-3H3,(H,19,20). The average molecular weight is 274 g/mol. The van der Waals surface area contributed by atoms with Crippen LogP contribution in [0, 0.1) is 0 Å². The molecular formula is C16H22N2O2. The van der Waals surface area contributed by atoms with Gasteiger partial charge in [0, 0.05) is 12.5 Å². The van der Waals surface area contributed by atoms with Gasteiger partial charge in [-0.15, -0.1) is 0 Å². The van der Waals surface area contributed by atoms with Gasteiger partial charge in [0.15, 0.2) is 0 Å². The lowest BCUT2D eigenvalue weighted by molar-refractivity contribution is -0.136. The number of unbranched alkanes of at least 4 members (excludes halogenated alkanes) is 1. The van der Waals surface area contributed by atoms with Crippen molar-refractivity contribution < 1.29 is 9.90 Å². The molecule has 1 aromatic carbocycles. The summed E-state index contributed by atoms with van der Waals surface area (Å²) in [5.41, 5.74) is 2.82. The number of carbonyl (C=O) groups is 1. The third-order valence-electron chi connectivity index (χ3n) is 3.45. The molecule has 1 heterocycles.